The average Bonchev–Trinajstić information content (AvgIpc) is 3.05. The van der Waals surface area contributed by atoms with E-state index in [9.17, 15) is 14.9 Å². The second-order valence-corrected chi connectivity index (χ2v) is 6.60. The van der Waals surface area contributed by atoms with Crippen molar-refractivity contribution in [2.75, 3.05) is 16.8 Å². The van der Waals surface area contributed by atoms with Gasteiger partial charge in [0.15, 0.2) is 5.13 Å². The van der Waals surface area contributed by atoms with Crippen LogP contribution in [0.5, 0.6) is 0 Å². The molecule has 2 amide bonds. The normalized spacial score (nSPS) is 11.0. The molecule has 26 heavy (non-hydrogen) atoms. The molecule has 1 aromatic heterocycles. The van der Waals surface area contributed by atoms with Gasteiger partial charge in [-0.15, -0.1) is 11.3 Å². The summed E-state index contributed by atoms with van der Waals surface area (Å²) in [5.74, 6) is -0.668. The number of rotatable bonds is 5. The number of aromatic nitrogens is 1. The van der Waals surface area contributed by atoms with E-state index in [2.05, 4.69) is 10.3 Å². The number of benzene rings is 1. The van der Waals surface area contributed by atoms with E-state index in [4.69, 9.17) is 11.6 Å². The molecule has 0 spiro atoms. The van der Waals surface area contributed by atoms with Crippen LogP contribution in [-0.2, 0) is 9.59 Å². The standard InChI is InChI=1S/C18H17ClN4O2S/c1-4-23(12(3)24)18-21-14(10-26-18)8-13(9-20)17(25)22-16-7-5-6-15(19)11(16)2/h5-8,10H,4H2,1-3H3,(H,22,25)/b13-8+. The zero-order valence-electron chi connectivity index (χ0n) is 14.5. The molecule has 0 fully saturated rings. The zero-order valence-corrected chi connectivity index (χ0v) is 16.1. The highest BCUT2D eigenvalue weighted by Crippen LogP contribution is 2.24. The Bertz CT molecular complexity index is 914. The number of halogens is 1. The first-order valence-electron chi connectivity index (χ1n) is 7.79. The molecule has 0 bridgehead atoms. The summed E-state index contributed by atoms with van der Waals surface area (Å²) in [5.41, 5.74) is 1.61. The number of hydrogen-bond donors (Lipinski definition) is 1. The molecule has 0 aliphatic heterocycles. The lowest BCUT2D eigenvalue weighted by Gasteiger charge is -2.14. The summed E-state index contributed by atoms with van der Waals surface area (Å²) in [6.07, 6.45) is 1.39. The smallest absolute Gasteiger partial charge is 0.266 e. The number of thiazole rings is 1. The Morgan fingerprint density at radius 1 is 1.46 bits per heavy atom. The SMILES string of the molecule is CCN(C(C)=O)c1nc(/C=C(\C#N)C(=O)Nc2cccc(Cl)c2C)cs1. The monoisotopic (exact) mass is 388 g/mol. The lowest BCUT2D eigenvalue weighted by Crippen LogP contribution is -2.27. The van der Waals surface area contributed by atoms with Crippen LogP contribution < -0.4 is 10.2 Å². The van der Waals surface area contributed by atoms with Crippen molar-refractivity contribution in [1.82, 2.24) is 4.98 Å². The zero-order chi connectivity index (χ0) is 19.3. The molecule has 0 saturated heterocycles. The van der Waals surface area contributed by atoms with Gasteiger partial charge in [-0.1, -0.05) is 17.7 Å². The largest absolute Gasteiger partial charge is 0.321 e. The highest BCUT2D eigenvalue weighted by atomic mass is 35.5. The Kier molecular flexibility index (Phi) is 6.50. The Morgan fingerprint density at radius 3 is 2.81 bits per heavy atom. The second-order valence-electron chi connectivity index (χ2n) is 5.35. The van der Waals surface area contributed by atoms with Crippen molar-refractivity contribution in [3.8, 4) is 6.07 Å². The number of nitrogens with zero attached hydrogens (tertiary/aromatic N) is 3. The van der Waals surface area contributed by atoms with Crippen LogP contribution in [0.1, 0.15) is 25.1 Å². The van der Waals surface area contributed by atoms with Crippen molar-refractivity contribution in [2.24, 2.45) is 0 Å². The third-order valence-electron chi connectivity index (χ3n) is 3.61. The van der Waals surface area contributed by atoms with Crippen molar-refractivity contribution in [3.05, 3.63) is 45.4 Å². The van der Waals surface area contributed by atoms with Crippen molar-refractivity contribution >= 4 is 51.6 Å². The maximum absolute atomic E-state index is 12.4. The van der Waals surface area contributed by atoms with Gasteiger partial charge in [-0.25, -0.2) is 4.98 Å². The Balaban J connectivity index is 2.24. The van der Waals surface area contributed by atoms with Gasteiger partial charge in [0.25, 0.3) is 5.91 Å². The fraction of sp³-hybridized carbons (Fsp3) is 0.222. The molecule has 1 N–H and O–H groups in total. The van der Waals surface area contributed by atoms with Gasteiger partial charge in [0, 0.05) is 29.6 Å². The van der Waals surface area contributed by atoms with Crippen molar-refractivity contribution in [3.63, 3.8) is 0 Å². The fourth-order valence-electron chi connectivity index (χ4n) is 2.19. The Morgan fingerprint density at radius 2 is 2.19 bits per heavy atom. The van der Waals surface area contributed by atoms with Crippen molar-refractivity contribution < 1.29 is 9.59 Å². The third-order valence-corrected chi connectivity index (χ3v) is 4.90. The Labute approximate surface area is 160 Å². The molecule has 2 rings (SSSR count). The van der Waals surface area contributed by atoms with Crippen LogP contribution in [0.4, 0.5) is 10.8 Å². The Hall–Kier alpha value is -2.69. The topological polar surface area (TPSA) is 86.1 Å². The third kappa shape index (κ3) is 4.48. The van der Waals surface area contributed by atoms with Gasteiger partial charge in [0.2, 0.25) is 5.91 Å². The van der Waals surface area contributed by atoms with E-state index in [0.717, 1.165) is 5.56 Å². The first-order valence-corrected chi connectivity index (χ1v) is 9.05. The minimum absolute atomic E-state index is 0.0906. The van der Waals surface area contributed by atoms with E-state index in [1.165, 1.54) is 29.2 Å². The summed E-state index contributed by atoms with van der Waals surface area (Å²) >= 11 is 7.31. The van der Waals surface area contributed by atoms with Crippen LogP contribution >= 0.6 is 22.9 Å². The molecule has 134 valence electrons. The summed E-state index contributed by atoms with van der Waals surface area (Å²) in [6.45, 7) is 5.58. The van der Waals surface area contributed by atoms with Crippen LogP contribution in [0.3, 0.4) is 0 Å². The van der Waals surface area contributed by atoms with Gasteiger partial charge in [-0.05, 0) is 37.6 Å². The molecule has 0 radical (unpaired) electrons. The molecular formula is C18H17ClN4O2S. The van der Waals surface area contributed by atoms with E-state index < -0.39 is 5.91 Å². The second kappa shape index (κ2) is 8.61. The molecule has 0 aliphatic carbocycles. The molecule has 0 saturated carbocycles. The highest BCUT2D eigenvalue weighted by molar-refractivity contribution is 7.14. The van der Waals surface area contributed by atoms with Gasteiger partial charge in [0.1, 0.15) is 11.6 Å². The predicted molar refractivity (Wildman–Crippen MR) is 104 cm³/mol. The number of carbonyl (C=O) groups is 2. The van der Waals surface area contributed by atoms with Crippen molar-refractivity contribution in [2.45, 2.75) is 20.8 Å². The predicted octanol–water partition coefficient (Wildman–Crippen LogP) is 4.02. The first kappa shape index (κ1) is 19.6. The lowest BCUT2D eigenvalue weighted by molar-refractivity contribution is -0.116. The minimum Gasteiger partial charge on any atom is -0.321 e. The number of nitriles is 1. The molecule has 0 atom stereocenters. The summed E-state index contributed by atoms with van der Waals surface area (Å²) in [6, 6.07) is 7.03. The maximum atomic E-state index is 12.4. The fourth-order valence-corrected chi connectivity index (χ4v) is 3.25. The quantitative estimate of drug-likeness (QED) is 0.619. The number of anilines is 2. The molecule has 1 aromatic carbocycles. The highest BCUT2D eigenvalue weighted by Gasteiger charge is 2.15. The van der Waals surface area contributed by atoms with E-state index >= 15 is 0 Å². The average molecular weight is 389 g/mol. The molecular weight excluding hydrogens is 372 g/mol. The van der Waals surface area contributed by atoms with Gasteiger partial charge in [0.05, 0.1) is 5.69 Å². The van der Waals surface area contributed by atoms with E-state index in [0.29, 0.717) is 28.1 Å². The molecule has 0 aliphatic rings. The molecule has 0 unspecified atom stereocenters. The van der Waals surface area contributed by atoms with E-state index in [-0.39, 0.29) is 11.5 Å². The van der Waals surface area contributed by atoms with Crippen LogP contribution in [-0.4, -0.2) is 23.3 Å². The number of hydrogen-bond acceptors (Lipinski definition) is 5. The number of amides is 2. The van der Waals surface area contributed by atoms with Crippen molar-refractivity contribution in [1.29, 1.82) is 5.26 Å². The molecule has 1 heterocycles. The number of nitrogens with one attached hydrogen (secondary N) is 1. The van der Waals surface area contributed by atoms with Gasteiger partial charge in [-0.2, -0.15) is 5.26 Å². The first-order chi connectivity index (χ1) is 12.4. The maximum Gasteiger partial charge on any atom is 0.266 e. The minimum atomic E-state index is -0.550. The lowest BCUT2D eigenvalue weighted by atomic mass is 10.1. The van der Waals surface area contributed by atoms with Crippen LogP contribution in [0.15, 0.2) is 29.2 Å². The summed E-state index contributed by atoms with van der Waals surface area (Å²) in [4.78, 5) is 29.8. The molecule has 8 heteroatoms. The van der Waals surface area contributed by atoms with Crippen LogP contribution in [0, 0.1) is 18.3 Å². The number of carbonyl (C=O) groups excluding carboxylic acids is 2. The summed E-state index contributed by atoms with van der Waals surface area (Å²) in [5, 5.41) is 14.7. The van der Waals surface area contributed by atoms with E-state index in [1.807, 2.05) is 13.0 Å². The van der Waals surface area contributed by atoms with Gasteiger partial charge < -0.3 is 5.32 Å². The van der Waals surface area contributed by atoms with Gasteiger partial charge in [-0.3, -0.25) is 14.5 Å². The van der Waals surface area contributed by atoms with Crippen LogP contribution in [0.25, 0.3) is 6.08 Å². The molecule has 6 nitrogen and oxygen atoms in total. The summed E-state index contributed by atoms with van der Waals surface area (Å²) in [7, 11) is 0. The van der Waals surface area contributed by atoms with Gasteiger partial charge >= 0.3 is 0 Å². The van der Waals surface area contributed by atoms with E-state index in [1.54, 1.807) is 30.5 Å². The summed E-state index contributed by atoms with van der Waals surface area (Å²) < 4.78 is 0. The van der Waals surface area contributed by atoms with Crippen LogP contribution in [0.2, 0.25) is 5.02 Å². The molecule has 2 aromatic rings.